The molecule has 1 saturated heterocycles. The van der Waals surface area contributed by atoms with Crippen LogP contribution in [0, 0.1) is 17.0 Å². The predicted octanol–water partition coefficient (Wildman–Crippen LogP) is 6.74. The fraction of sp³-hybridized carbons (Fsp3) is 0.432. The fourth-order valence-corrected chi connectivity index (χ4v) is 6.69. The summed E-state index contributed by atoms with van der Waals surface area (Å²) >= 11 is 0. The number of aromatic nitrogens is 2. The van der Waals surface area contributed by atoms with Crippen molar-refractivity contribution in [2.75, 3.05) is 51.9 Å². The smallest absolute Gasteiger partial charge is 0.289 e. The van der Waals surface area contributed by atoms with Gasteiger partial charge < -0.3 is 38.8 Å². The average Bonchev–Trinajstić information content (AvgIpc) is 3.44. The number of pyridine rings is 1. The lowest BCUT2D eigenvalue weighted by atomic mass is 9.87. The molecule has 0 bridgehead atoms. The third kappa shape index (κ3) is 8.41. The van der Waals surface area contributed by atoms with Gasteiger partial charge in [-0.2, -0.15) is 0 Å². The molecule has 1 spiro atoms. The molecule has 6 rings (SSSR count). The molecule has 1 fully saturated rings. The first-order valence-corrected chi connectivity index (χ1v) is 20.6. The minimum absolute atomic E-state index is 0.0559. The minimum Gasteiger partial charge on any atom is -0.464 e. The monoisotopic (exact) mass is 721 g/mol. The van der Waals surface area contributed by atoms with Gasteiger partial charge in [0.1, 0.15) is 24.7 Å². The maximum Gasteiger partial charge on any atom is 0.289 e. The lowest BCUT2D eigenvalue weighted by Crippen LogP contribution is -2.51. The van der Waals surface area contributed by atoms with E-state index in [-0.39, 0.29) is 42.1 Å². The number of benzene rings is 2. The van der Waals surface area contributed by atoms with Crippen LogP contribution in [0.25, 0.3) is 22.2 Å². The molecule has 2 aromatic carbocycles. The van der Waals surface area contributed by atoms with Crippen LogP contribution in [0.2, 0.25) is 25.7 Å². The van der Waals surface area contributed by atoms with E-state index in [0.29, 0.717) is 55.1 Å². The molecular weight excluding hydrogens is 677 g/mol. The third-order valence-corrected chi connectivity index (χ3v) is 10.5. The van der Waals surface area contributed by atoms with Gasteiger partial charge in [-0.25, -0.2) is 18.8 Å². The number of nitrogens with one attached hydrogen (secondary N) is 1. The second-order valence-corrected chi connectivity index (χ2v) is 20.9. The number of anilines is 1. The molecule has 4 aromatic rings. The number of nitrogens with zero attached hydrogens (tertiary/aromatic N) is 4. The second kappa shape index (κ2) is 14.3. The number of rotatable bonds is 12. The standard InChI is InChI=1S/C37H45F2N5O6Si/c1-36(2,46)19-43(3)34(45)25-9-7-24(8-10-25)26-17-44(23-47-15-16-51(4,5)6)33-30(26)29(13-14-40-33)50-32-27(38)11-12-28(31(32)39)42-35-41-18-37(22-49-35)20-48-21-37/h7-14,17,46H,15-16,18-23H2,1-6H3,(H,41,42). The van der Waals surface area contributed by atoms with Crippen LogP contribution in [0.15, 0.2) is 59.9 Å². The Morgan fingerprint density at radius 2 is 1.86 bits per heavy atom. The quantitative estimate of drug-likeness (QED) is 0.122. The highest BCUT2D eigenvalue weighted by Gasteiger charge is 2.42. The molecule has 0 saturated carbocycles. The zero-order valence-electron chi connectivity index (χ0n) is 29.9. The van der Waals surface area contributed by atoms with Gasteiger partial charge in [0.05, 0.1) is 41.8 Å². The van der Waals surface area contributed by atoms with E-state index in [0.717, 1.165) is 17.7 Å². The first-order chi connectivity index (χ1) is 24.1. The zero-order chi connectivity index (χ0) is 36.6. The minimum atomic E-state index is -1.33. The number of amides is 1. The highest BCUT2D eigenvalue weighted by molar-refractivity contribution is 6.76. The Bertz CT molecular complexity index is 1930. The van der Waals surface area contributed by atoms with E-state index in [1.54, 1.807) is 51.2 Å². The number of aliphatic imine (C=N–C) groups is 1. The predicted molar refractivity (Wildman–Crippen MR) is 194 cm³/mol. The molecule has 4 heterocycles. The summed E-state index contributed by atoms with van der Waals surface area (Å²) in [5.74, 6) is -2.52. The van der Waals surface area contributed by atoms with Crippen LogP contribution in [0.1, 0.15) is 24.2 Å². The van der Waals surface area contributed by atoms with Gasteiger partial charge in [0.25, 0.3) is 11.9 Å². The van der Waals surface area contributed by atoms with E-state index in [2.05, 4.69) is 34.9 Å². The van der Waals surface area contributed by atoms with Crippen molar-refractivity contribution in [1.29, 1.82) is 0 Å². The Morgan fingerprint density at radius 1 is 1.12 bits per heavy atom. The molecule has 0 radical (unpaired) electrons. The zero-order valence-corrected chi connectivity index (χ0v) is 30.9. The maximum atomic E-state index is 16.0. The Balaban J connectivity index is 1.33. The van der Waals surface area contributed by atoms with Gasteiger partial charge in [0.2, 0.25) is 5.75 Å². The van der Waals surface area contributed by atoms with Gasteiger partial charge in [-0.05, 0) is 55.8 Å². The van der Waals surface area contributed by atoms with E-state index < -0.39 is 31.1 Å². The molecule has 0 aliphatic carbocycles. The van der Waals surface area contributed by atoms with Crippen LogP contribution in [0.3, 0.4) is 0 Å². The molecule has 51 heavy (non-hydrogen) atoms. The number of likely N-dealkylation sites (N-methyl/N-ethyl adjacent to an activating group) is 1. The molecule has 14 heteroatoms. The van der Waals surface area contributed by atoms with Crippen molar-refractivity contribution < 1.29 is 37.6 Å². The van der Waals surface area contributed by atoms with Crippen molar-refractivity contribution in [3.63, 3.8) is 0 Å². The van der Waals surface area contributed by atoms with Crippen LogP contribution in [0.4, 0.5) is 14.5 Å². The molecule has 11 nitrogen and oxygen atoms in total. The highest BCUT2D eigenvalue weighted by Crippen LogP contribution is 2.41. The van der Waals surface area contributed by atoms with Crippen LogP contribution in [-0.4, -0.2) is 91.7 Å². The first kappa shape index (κ1) is 36.4. The van der Waals surface area contributed by atoms with E-state index in [1.807, 2.05) is 10.8 Å². The summed E-state index contributed by atoms with van der Waals surface area (Å²) in [5, 5.41) is 13.5. The Kier molecular flexibility index (Phi) is 10.2. The van der Waals surface area contributed by atoms with Crippen molar-refractivity contribution in [2.45, 2.75) is 51.9 Å². The van der Waals surface area contributed by atoms with E-state index in [9.17, 15) is 9.90 Å². The highest BCUT2D eigenvalue weighted by atomic mass is 28.3. The second-order valence-electron chi connectivity index (χ2n) is 15.3. The molecule has 2 aliphatic rings. The molecule has 0 atom stereocenters. The number of carbonyl (C=O) groups excluding carboxylic acids is 1. The summed E-state index contributed by atoms with van der Waals surface area (Å²) in [6.07, 6.45) is 3.38. The first-order valence-electron chi connectivity index (χ1n) is 16.9. The number of hydrogen-bond donors (Lipinski definition) is 2. The van der Waals surface area contributed by atoms with E-state index >= 15 is 8.78 Å². The van der Waals surface area contributed by atoms with Gasteiger partial charge in [0.15, 0.2) is 11.6 Å². The fourth-order valence-electron chi connectivity index (χ4n) is 5.94. The van der Waals surface area contributed by atoms with Crippen LogP contribution >= 0.6 is 0 Å². The molecule has 0 unspecified atom stereocenters. The van der Waals surface area contributed by atoms with Gasteiger partial charge in [-0.3, -0.25) is 4.79 Å². The summed E-state index contributed by atoms with van der Waals surface area (Å²) in [4.78, 5) is 23.6. The number of ether oxygens (including phenoxy) is 4. The van der Waals surface area contributed by atoms with Crippen LogP contribution < -0.4 is 10.1 Å². The van der Waals surface area contributed by atoms with Gasteiger partial charge in [-0.15, -0.1) is 0 Å². The summed E-state index contributed by atoms with van der Waals surface area (Å²) in [6.45, 7) is 13.0. The topological polar surface area (TPSA) is 120 Å². The summed E-state index contributed by atoms with van der Waals surface area (Å²) < 4.78 is 56.3. The third-order valence-electron chi connectivity index (χ3n) is 8.75. The summed E-state index contributed by atoms with van der Waals surface area (Å²) in [6, 6.07) is 12.1. The molecule has 2 aliphatic heterocycles. The summed E-state index contributed by atoms with van der Waals surface area (Å²) in [5.41, 5.74) is 1.07. The van der Waals surface area contributed by atoms with Crippen molar-refractivity contribution in [3.05, 3.63) is 72.1 Å². The van der Waals surface area contributed by atoms with E-state index in [1.165, 1.54) is 17.2 Å². The average molecular weight is 722 g/mol. The number of amidine groups is 1. The normalized spacial score (nSPS) is 15.7. The van der Waals surface area contributed by atoms with E-state index in [4.69, 9.17) is 18.9 Å². The largest absolute Gasteiger partial charge is 0.464 e. The van der Waals surface area contributed by atoms with Crippen molar-refractivity contribution in [3.8, 4) is 22.6 Å². The summed E-state index contributed by atoms with van der Waals surface area (Å²) in [7, 11) is 0.304. The van der Waals surface area contributed by atoms with Crippen molar-refractivity contribution in [2.24, 2.45) is 10.4 Å². The van der Waals surface area contributed by atoms with Crippen molar-refractivity contribution in [1.82, 2.24) is 14.5 Å². The molecular formula is C37H45F2N5O6Si. The lowest BCUT2D eigenvalue weighted by Gasteiger charge is -2.41. The maximum absolute atomic E-state index is 16.0. The van der Waals surface area contributed by atoms with Crippen LogP contribution in [0.5, 0.6) is 11.5 Å². The number of hydrogen-bond acceptors (Lipinski definition) is 9. The Labute approximate surface area is 297 Å². The van der Waals surface area contributed by atoms with Crippen LogP contribution in [-0.2, 0) is 20.9 Å². The molecule has 1 amide bonds. The number of carbonyl (C=O) groups is 1. The lowest BCUT2D eigenvalue weighted by molar-refractivity contribution is -0.132. The Morgan fingerprint density at radius 3 is 2.49 bits per heavy atom. The van der Waals surface area contributed by atoms with Gasteiger partial charge in [-0.1, -0.05) is 31.8 Å². The number of fused-ring (bicyclic) bond motifs is 1. The van der Waals surface area contributed by atoms with Gasteiger partial charge in [0, 0.05) is 51.8 Å². The number of aliphatic hydroxyl groups is 1. The number of halogens is 2. The molecule has 2 N–H and O–H groups in total. The molecule has 272 valence electrons. The Hall–Kier alpha value is -4.37. The van der Waals surface area contributed by atoms with Crippen molar-refractivity contribution >= 4 is 36.7 Å². The van der Waals surface area contributed by atoms with Gasteiger partial charge >= 0.3 is 0 Å². The molecule has 2 aromatic heterocycles. The SMILES string of the molecule is CN(CC(C)(C)O)C(=O)c1ccc(-c2cn(COCC[Si](C)(C)C)c3nccc(Oc4c(F)ccc(NC5=NCC6(COC6)CO5)c4F)c23)cc1.